The summed E-state index contributed by atoms with van der Waals surface area (Å²) in [4.78, 5) is 0. The van der Waals surface area contributed by atoms with Crippen LogP contribution >= 0.6 is 15.9 Å². The first-order valence-corrected chi connectivity index (χ1v) is 6.14. The van der Waals surface area contributed by atoms with Gasteiger partial charge in [0.2, 0.25) is 0 Å². The molecule has 0 bridgehead atoms. The Balaban J connectivity index is 2.01. The van der Waals surface area contributed by atoms with E-state index in [1.807, 2.05) is 12.1 Å². The molecular weight excluding hydrogens is 270 g/mol. The highest BCUT2D eigenvalue weighted by Gasteiger charge is 1.93. The van der Waals surface area contributed by atoms with Gasteiger partial charge in [-0.15, -0.1) is 0 Å². The quantitative estimate of drug-likeness (QED) is 0.744. The van der Waals surface area contributed by atoms with E-state index in [4.69, 9.17) is 9.47 Å². The van der Waals surface area contributed by atoms with Crippen molar-refractivity contribution in [2.45, 2.75) is 6.61 Å². The fourth-order valence-electron chi connectivity index (χ4n) is 1.21. The van der Waals surface area contributed by atoms with Gasteiger partial charge >= 0.3 is 0 Å². The maximum atomic E-state index is 5.52. The first-order chi connectivity index (χ1) is 7.83. The molecule has 1 aromatic rings. The van der Waals surface area contributed by atoms with Crippen molar-refractivity contribution in [3.63, 3.8) is 0 Å². The van der Waals surface area contributed by atoms with Crippen LogP contribution < -0.4 is 5.32 Å². The van der Waals surface area contributed by atoms with Gasteiger partial charge in [-0.2, -0.15) is 0 Å². The fraction of sp³-hybridized carbons (Fsp3) is 0.500. The average molecular weight is 288 g/mol. The van der Waals surface area contributed by atoms with Crippen LogP contribution in [0.2, 0.25) is 0 Å². The highest BCUT2D eigenvalue weighted by Crippen LogP contribution is 2.10. The van der Waals surface area contributed by atoms with Crippen molar-refractivity contribution < 1.29 is 9.47 Å². The molecule has 0 heterocycles. The molecule has 0 radical (unpaired) electrons. The molecule has 0 saturated carbocycles. The van der Waals surface area contributed by atoms with Gasteiger partial charge in [0.1, 0.15) is 0 Å². The summed E-state index contributed by atoms with van der Waals surface area (Å²) in [6.45, 7) is 3.86. The molecular formula is C12H18BrNO2. The maximum Gasteiger partial charge on any atom is 0.0717 e. The lowest BCUT2D eigenvalue weighted by molar-refractivity contribution is 0.120. The molecule has 0 atom stereocenters. The lowest BCUT2D eigenvalue weighted by atomic mass is 10.2. The van der Waals surface area contributed by atoms with Crippen molar-refractivity contribution in [1.82, 2.24) is 5.32 Å². The molecule has 0 saturated heterocycles. The Hall–Kier alpha value is -0.420. The molecule has 0 aliphatic carbocycles. The molecule has 1 aromatic carbocycles. The molecule has 3 nitrogen and oxygen atoms in total. The summed E-state index contributed by atoms with van der Waals surface area (Å²) in [5.41, 5.74) is 1.19. The third kappa shape index (κ3) is 6.23. The van der Waals surface area contributed by atoms with Gasteiger partial charge in [-0.3, -0.25) is 0 Å². The van der Waals surface area contributed by atoms with Gasteiger partial charge < -0.3 is 14.8 Å². The average Bonchev–Trinajstić information content (AvgIpc) is 2.30. The van der Waals surface area contributed by atoms with E-state index in [1.54, 1.807) is 7.11 Å². The Labute approximate surface area is 105 Å². The van der Waals surface area contributed by atoms with E-state index >= 15 is 0 Å². The van der Waals surface area contributed by atoms with Crippen LogP contribution in [-0.2, 0) is 16.1 Å². The van der Waals surface area contributed by atoms with Crippen molar-refractivity contribution >= 4 is 15.9 Å². The number of hydrogen-bond acceptors (Lipinski definition) is 3. The van der Waals surface area contributed by atoms with Gasteiger partial charge in [-0.25, -0.2) is 0 Å². The van der Waals surface area contributed by atoms with Crippen LogP contribution in [-0.4, -0.2) is 33.4 Å². The predicted octanol–water partition coefficient (Wildman–Crippen LogP) is 2.20. The fourth-order valence-corrected chi connectivity index (χ4v) is 1.48. The zero-order valence-electron chi connectivity index (χ0n) is 9.54. The molecule has 90 valence electrons. The van der Waals surface area contributed by atoms with Crippen LogP contribution in [0.4, 0.5) is 0 Å². The zero-order valence-corrected chi connectivity index (χ0v) is 11.1. The molecule has 0 aromatic heterocycles. The Morgan fingerprint density at radius 1 is 1.12 bits per heavy atom. The standard InChI is InChI=1S/C12H18BrNO2/c1-15-8-6-14-7-9-16-10-11-2-4-12(13)5-3-11/h2-5,14H,6-10H2,1H3. The van der Waals surface area contributed by atoms with E-state index in [-0.39, 0.29) is 0 Å². The second-order valence-corrected chi connectivity index (χ2v) is 4.34. The number of rotatable bonds is 8. The summed E-state index contributed by atoms with van der Waals surface area (Å²) in [5, 5.41) is 3.22. The minimum absolute atomic E-state index is 0.666. The Kier molecular flexibility index (Phi) is 7.42. The first-order valence-electron chi connectivity index (χ1n) is 5.35. The minimum Gasteiger partial charge on any atom is -0.383 e. The summed E-state index contributed by atoms with van der Waals surface area (Å²) in [5.74, 6) is 0. The van der Waals surface area contributed by atoms with Crippen LogP contribution in [0.5, 0.6) is 0 Å². The number of hydrogen-bond donors (Lipinski definition) is 1. The zero-order chi connectivity index (χ0) is 11.6. The highest BCUT2D eigenvalue weighted by atomic mass is 79.9. The molecule has 0 aliphatic rings. The second kappa shape index (κ2) is 8.70. The smallest absolute Gasteiger partial charge is 0.0717 e. The van der Waals surface area contributed by atoms with Crippen LogP contribution in [0.15, 0.2) is 28.7 Å². The third-order valence-electron chi connectivity index (χ3n) is 2.09. The Bertz CT molecular complexity index is 277. The molecule has 0 amide bonds. The Morgan fingerprint density at radius 3 is 2.50 bits per heavy atom. The largest absolute Gasteiger partial charge is 0.383 e. The van der Waals surface area contributed by atoms with Crippen molar-refractivity contribution in [1.29, 1.82) is 0 Å². The van der Waals surface area contributed by atoms with Crippen LogP contribution in [0, 0.1) is 0 Å². The molecule has 16 heavy (non-hydrogen) atoms. The van der Waals surface area contributed by atoms with Gasteiger partial charge in [0.05, 0.1) is 19.8 Å². The molecule has 0 spiro atoms. The summed E-state index contributed by atoms with van der Waals surface area (Å²) in [7, 11) is 1.70. The lowest BCUT2D eigenvalue weighted by Gasteiger charge is -2.06. The van der Waals surface area contributed by atoms with Gasteiger partial charge in [-0.1, -0.05) is 28.1 Å². The van der Waals surface area contributed by atoms with E-state index in [9.17, 15) is 0 Å². The summed E-state index contributed by atoms with van der Waals surface area (Å²) in [6.07, 6.45) is 0. The Morgan fingerprint density at radius 2 is 1.81 bits per heavy atom. The van der Waals surface area contributed by atoms with Gasteiger partial charge in [0.15, 0.2) is 0 Å². The lowest BCUT2D eigenvalue weighted by Crippen LogP contribution is -2.23. The molecule has 1 rings (SSSR count). The summed E-state index contributed by atoms with van der Waals surface area (Å²) >= 11 is 3.40. The van der Waals surface area contributed by atoms with E-state index in [0.717, 1.165) is 30.8 Å². The van der Waals surface area contributed by atoms with E-state index < -0.39 is 0 Å². The van der Waals surface area contributed by atoms with E-state index in [2.05, 4.69) is 33.4 Å². The molecule has 4 heteroatoms. The molecule has 0 unspecified atom stereocenters. The van der Waals surface area contributed by atoms with Crippen LogP contribution in [0.3, 0.4) is 0 Å². The van der Waals surface area contributed by atoms with Crippen LogP contribution in [0.25, 0.3) is 0 Å². The van der Waals surface area contributed by atoms with E-state index in [0.29, 0.717) is 6.61 Å². The topological polar surface area (TPSA) is 30.5 Å². The molecule has 0 aliphatic heterocycles. The van der Waals surface area contributed by atoms with Crippen molar-refractivity contribution in [3.8, 4) is 0 Å². The molecule has 0 fully saturated rings. The molecule has 1 N–H and O–H groups in total. The second-order valence-electron chi connectivity index (χ2n) is 3.42. The summed E-state index contributed by atoms with van der Waals surface area (Å²) in [6, 6.07) is 8.16. The van der Waals surface area contributed by atoms with Crippen molar-refractivity contribution in [2.24, 2.45) is 0 Å². The number of halogens is 1. The van der Waals surface area contributed by atoms with E-state index in [1.165, 1.54) is 5.56 Å². The third-order valence-corrected chi connectivity index (χ3v) is 2.62. The maximum absolute atomic E-state index is 5.52. The minimum atomic E-state index is 0.666. The number of nitrogens with one attached hydrogen (secondary N) is 1. The monoisotopic (exact) mass is 287 g/mol. The number of methoxy groups -OCH3 is 1. The number of ether oxygens (including phenoxy) is 2. The number of benzene rings is 1. The van der Waals surface area contributed by atoms with Gasteiger partial charge in [0, 0.05) is 24.7 Å². The normalized spacial score (nSPS) is 10.6. The predicted molar refractivity (Wildman–Crippen MR) is 68.5 cm³/mol. The van der Waals surface area contributed by atoms with Crippen LogP contribution in [0.1, 0.15) is 5.56 Å². The first kappa shape index (κ1) is 13.6. The van der Waals surface area contributed by atoms with Crippen molar-refractivity contribution in [3.05, 3.63) is 34.3 Å². The van der Waals surface area contributed by atoms with Gasteiger partial charge in [0.25, 0.3) is 0 Å². The SMILES string of the molecule is COCCNCCOCc1ccc(Br)cc1. The summed E-state index contributed by atoms with van der Waals surface area (Å²) < 4.78 is 11.5. The van der Waals surface area contributed by atoms with Gasteiger partial charge in [-0.05, 0) is 17.7 Å². The highest BCUT2D eigenvalue weighted by molar-refractivity contribution is 9.10. The van der Waals surface area contributed by atoms with Crippen molar-refractivity contribution in [2.75, 3.05) is 33.4 Å².